The van der Waals surface area contributed by atoms with Crippen molar-refractivity contribution in [1.82, 2.24) is 4.98 Å². The van der Waals surface area contributed by atoms with Crippen LogP contribution in [0.5, 0.6) is 0 Å². The van der Waals surface area contributed by atoms with E-state index in [0.717, 1.165) is 18.3 Å². The summed E-state index contributed by atoms with van der Waals surface area (Å²) in [7, 11) is -4.37. The van der Waals surface area contributed by atoms with E-state index in [9.17, 15) is 21.6 Å². The number of sulfonamides is 1. The molecular formula is C12H9F3N2O2S. The maximum Gasteiger partial charge on any atom is 0.264 e. The molecule has 1 aromatic carbocycles. The van der Waals surface area contributed by atoms with Crippen LogP contribution in [0.4, 0.5) is 18.9 Å². The molecule has 0 radical (unpaired) electrons. The minimum Gasteiger partial charge on any atom is -0.276 e. The van der Waals surface area contributed by atoms with E-state index in [1.807, 2.05) is 4.72 Å². The Hall–Kier alpha value is -2.09. The number of hydrogen-bond donors (Lipinski definition) is 1. The van der Waals surface area contributed by atoms with E-state index in [1.165, 1.54) is 13.1 Å². The first-order valence-electron chi connectivity index (χ1n) is 5.39. The van der Waals surface area contributed by atoms with Gasteiger partial charge >= 0.3 is 0 Å². The Balaban J connectivity index is 2.47. The lowest BCUT2D eigenvalue weighted by molar-refractivity contribution is 0.546. The van der Waals surface area contributed by atoms with Crippen molar-refractivity contribution in [3.63, 3.8) is 0 Å². The lowest BCUT2D eigenvalue weighted by atomic mass is 10.2. The van der Waals surface area contributed by atoms with Crippen molar-refractivity contribution in [1.29, 1.82) is 0 Å². The van der Waals surface area contributed by atoms with Crippen molar-refractivity contribution in [2.24, 2.45) is 0 Å². The Morgan fingerprint density at radius 3 is 2.45 bits per heavy atom. The van der Waals surface area contributed by atoms with Gasteiger partial charge in [-0.2, -0.15) is 0 Å². The van der Waals surface area contributed by atoms with E-state index in [1.54, 1.807) is 0 Å². The summed E-state index contributed by atoms with van der Waals surface area (Å²) in [5, 5.41) is 0. The van der Waals surface area contributed by atoms with Gasteiger partial charge in [-0.25, -0.2) is 21.6 Å². The summed E-state index contributed by atoms with van der Waals surface area (Å²) in [6, 6.07) is 2.39. The molecule has 0 aliphatic rings. The number of anilines is 1. The first-order valence-corrected chi connectivity index (χ1v) is 6.87. The number of aryl methyl sites for hydroxylation is 1. The molecule has 1 heterocycles. The quantitative estimate of drug-likeness (QED) is 0.948. The summed E-state index contributed by atoms with van der Waals surface area (Å²) >= 11 is 0. The summed E-state index contributed by atoms with van der Waals surface area (Å²) in [5.74, 6) is -3.03. The van der Waals surface area contributed by atoms with E-state index >= 15 is 0 Å². The highest BCUT2D eigenvalue weighted by atomic mass is 32.2. The normalized spacial score (nSPS) is 11.4. The number of rotatable bonds is 3. The molecule has 0 atom stereocenters. The Labute approximate surface area is 113 Å². The Bertz CT molecular complexity index is 763. The first-order chi connectivity index (χ1) is 9.31. The molecule has 20 heavy (non-hydrogen) atoms. The molecule has 0 saturated carbocycles. The second-order valence-electron chi connectivity index (χ2n) is 3.99. The zero-order valence-electron chi connectivity index (χ0n) is 10.2. The van der Waals surface area contributed by atoms with Crippen molar-refractivity contribution in [3.8, 4) is 0 Å². The number of nitrogens with one attached hydrogen (secondary N) is 1. The average Bonchev–Trinajstić information content (AvgIpc) is 2.36. The first kappa shape index (κ1) is 14.3. The fourth-order valence-corrected chi connectivity index (χ4v) is 2.71. The van der Waals surface area contributed by atoms with Crippen LogP contribution in [-0.4, -0.2) is 13.4 Å². The minimum absolute atomic E-state index is 0.0398. The predicted octanol–water partition coefficient (Wildman–Crippen LogP) is 2.61. The molecule has 0 aliphatic carbocycles. The molecule has 106 valence electrons. The van der Waals surface area contributed by atoms with Crippen LogP contribution in [0.15, 0.2) is 35.5 Å². The van der Waals surface area contributed by atoms with Gasteiger partial charge in [-0.15, -0.1) is 0 Å². The molecule has 1 N–H and O–H groups in total. The molecule has 1 aromatic heterocycles. The fraction of sp³-hybridized carbons (Fsp3) is 0.0833. The number of aromatic nitrogens is 1. The van der Waals surface area contributed by atoms with E-state index in [2.05, 4.69) is 4.98 Å². The van der Waals surface area contributed by atoms with Crippen molar-refractivity contribution in [2.75, 3.05) is 4.72 Å². The summed E-state index contributed by atoms with van der Waals surface area (Å²) in [5.41, 5.74) is -0.414. The van der Waals surface area contributed by atoms with Crippen LogP contribution in [0.3, 0.4) is 0 Å². The van der Waals surface area contributed by atoms with Gasteiger partial charge in [0.1, 0.15) is 16.5 Å². The third-order valence-electron chi connectivity index (χ3n) is 2.52. The van der Waals surface area contributed by atoms with E-state index < -0.39 is 32.4 Å². The molecule has 4 nitrogen and oxygen atoms in total. The summed E-state index contributed by atoms with van der Waals surface area (Å²) < 4.78 is 65.9. The molecule has 2 rings (SSSR count). The second kappa shape index (κ2) is 5.12. The van der Waals surface area contributed by atoms with Gasteiger partial charge in [-0.05, 0) is 24.6 Å². The SMILES string of the molecule is Cc1cc(S(=O)(=O)Nc2ccncc2F)c(F)cc1F. The Morgan fingerprint density at radius 1 is 1.10 bits per heavy atom. The maximum absolute atomic E-state index is 13.6. The number of nitrogens with zero attached hydrogens (tertiary/aromatic N) is 1. The summed E-state index contributed by atoms with van der Waals surface area (Å²) in [6.45, 7) is 1.29. The second-order valence-corrected chi connectivity index (χ2v) is 5.64. The van der Waals surface area contributed by atoms with Crippen molar-refractivity contribution >= 4 is 15.7 Å². The monoisotopic (exact) mass is 302 g/mol. The van der Waals surface area contributed by atoms with Crippen molar-refractivity contribution in [3.05, 3.63) is 53.6 Å². The molecule has 0 bridgehead atoms. The lowest BCUT2D eigenvalue weighted by Gasteiger charge is -2.10. The third kappa shape index (κ3) is 2.74. The molecule has 0 unspecified atom stereocenters. The molecular weight excluding hydrogens is 293 g/mol. The standard InChI is InChI=1S/C12H9F3N2O2S/c1-7-4-12(9(14)5-8(7)13)20(18,19)17-11-2-3-16-6-10(11)15/h2-6H,1H3,(H,16,17). The number of hydrogen-bond acceptors (Lipinski definition) is 3. The van der Waals surface area contributed by atoms with Gasteiger partial charge < -0.3 is 0 Å². The zero-order valence-corrected chi connectivity index (χ0v) is 11.0. The fourth-order valence-electron chi connectivity index (χ4n) is 1.49. The molecule has 0 amide bonds. The smallest absolute Gasteiger partial charge is 0.264 e. The van der Waals surface area contributed by atoms with Crippen molar-refractivity contribution in [2.45, 2.75) is 11.8 Å². The van der Waals surface area contributed by atoms with Crippen LogP contribution < -0.4 is 4.72 Å². The highest BCUT2D eigenvalue weighted by Gasteiger charge is 2.22. The van der Waals surface area contributed by atoms with Gasteiger partial charge in [0.15, 0.2) is 5.82 Å². The highest BCUT2D eigenvalue weighted by Crippen LogP contribution is 2.22. The molecule has 8 heteroatoms. The van der Waals surface area contributed by atoms with Gasteiger partial charge in [0.2, 0.25) is 0 Å². The Morgan fingerprint density at radius 2 is 1.80 bits per heavy atom. The van der Waals surface area contributed by atoms with E-state index in [4.69, 9.17) is 0 Å². The number of benzene rings is 1. The molecule has 0 fully saturated rings. The van der Waals surface area contributed by atoms with Crippen LogP contribution in [0.1, 0.15) is 5.56 Å². The van der Waals surface area contributed by atoms with Crippen molar-refractivity contribution < 1.29 is 21.6 Å². The van der Waals surface area contributed by atoms with Crippen LogP contribution in [0.2, 0.25) is 0 Å². The van der Waals surface area contributed by atoms with Gasteiger partial charge in [0, 0.05) is 12.3 Å². The molecule has 2 aromatic rings. The summed E-state index contributed by atoms with van der Waals surface area (Å²) in [6.07, 6.45) is 1.98. The molecule has 0 saturated heterocycles. The topological polar surface area (TPSA) is 59.1 Å². The van der Waals surface area contributed by atoms with Crippen LogP contribution in [-0.2, 0) is 10.0 Å². The zero-order chi connectivity index (χ0) is 14.9. The van der Waals surface area contributed by atoms with Gasteiger partial charge in [-0.1, -0.05) is 0 Å². The summed E-state index contributed by atoms with van der Waals surface area (Å²) in [4.78, 5) is 2.70. The van der Waals surface area contributed by atoms with Crippen LogP contribution in [0.25, 0.3) is 0 Å². The number of pyridine rings is 1. The van der Waals surface area contributed by atoms with Crippen LogP contribution in [0, 0.1) is 24.4 Å². The largest absolute Gasteiger partial charge is 0.276 e. The predicted molar refractivity (Wildman–Crippen MR) is 66.1 cm³/mol. The van der Waals surface area contributed by atoms with E-state index in [0.29, 0.717) is 6.07 Å². The van der Waals surface area contributed by atoms with Gasteiger partial charge in [0.05, 0.1) is 11.9 Å². The highest BCUT2D eigenvalue weighted by molar-refractivity contribution is 7.92. The third-order valence-corrected chi connectivity index (χ3v) is 3.90. The molecule has 0 spiro atoms. The van der Waals surface area contributed by atoms with Crippen LogP contribution >= 0.6 is 0 Å². The lowest BCUT2D eigenvalue weighted by Crippen LogP contribution is -2.16. The Kier molecular flexibility index (Phi) is 3.67. The molecule has 0 aliphatic heterocycles. The van der Waals surface area contributed by atoms with E-state index in [-0.39, 0.29) is 11.3 Å². The minimum atomic E-state index is -4.37. The maximum atomic E-state index is 13.6. The van der Waals surface area contributed by atoms with Gasteiger partial charge in [-0.3, -0.25) is 9.71 Å². The average molecular weight is 302 g/mol. The number of halogens is 3. The van der Waals surface area contributed by atoms with Gasteiger partial charge in [0.25, 0.3) is 10.0 Å².